The van der Waals surface area contributed by atoms with E-state index in [9.17, 15) is 0 Å². The van der Waals surface area contributed by atoms with Crippen LogP contribution in [-0.4, -0.2) is 28.9 Å². The molecule has 0 fully saturated rings. The minimum atomic E-state index is 0. The summed E-state index contributed by atoms with van der Waals surface area (Å²) >= 11 is 5.72. The molecule has 0 radical (unpaired) electrons. The zero-order valence-electron chi connectivity index (χ0n) is 9.38. The van der Waals surface area contributed by atoms with Gasteiger partial charge in [-0.15, -0.1) is 24.0 Å². The van der Waals surface area contributed by atoms with Gasteiger partial charge in [0.15, 0.2) is 0 Å². The van der Waals surface area contributed by atoms with Gasteiger partial charge in [-0.05, 0) is 41.0 Å². The normalized spacial score (nSPS) is 13.6. The van der Waals surface area contributed by atoms with Crippen LogP contribution in [0.15, 0.2) is 0 Å². The lowest BCUT2D eigenvalue weighted by atomic mass is 10.1. The van der Waals surface area contributed by atoms with Crippen LogP contribution in [-0.2, 0) is 0 Å². The molecule has 0 N–H and O–H groups in total. The van der Waals surface area contributed by atoms with Gasteiger partial charge in [0.2, 0.25) is 0 Å². The highest BCUT2D eigenvalue weighted by Crippen LogP contribution is 2.13. The zero-order chi connectivity index (χ0) is 9.72. The number of nitrogens with zero attached hydrogens (tertiary/aromatic N) is 1. The molecule has 0 saturated carbocycles. The largest absolute Gasteiger partial charge is 0.296 e. The number of rotatable bonds is 5. The molecule has 0 aromatic carbocycles. The van der Waals surface area contributed by atoms with Gasteiger partial charge >= 0.3 is 0 Å². The van der Waals surface area contributed by atoms with Gasteiger partial charge in [0.25, 0.3) is 0 Å². The van der Waals surface area contributed by atoms with Crippen molar-refractivity contribution >= 4 is 24.0 Å². The highest BCUT2D eigenvalue weighted by Gasteiger charge is 2.18. The van der Waals surface area contributed by atoms with E-state index in [1.165, 1.54) is 0 Å². The lowest BCUT2D eigenvalue weighted by Gasteiger charge is -2.36. The second-order valence-corrected chi connectivity index (χ2v) is 4.34. The fourth-order valence-corrected chi connectivity index (χ4v) is 2.24. The Hall–Kier alpha value is 0.540. The minimum Gasteiger partial charge on any atom is -0.296 e. The Morgan fingerprint density at radius 1 is 1.00 bits per heavy atom. The number of alkyl halides is 1. The Morgan fingerprint density at radius 2 is 1.38 bits per heavy atom. The van der Waals surface area contributed by atoms with Gasteiger partial charge < -0.3 is 0 Å². The van der Waals surface area contributed by atoms with E-state index in [2.05, 4.69) is 39.5 Å². The van der Waals surface area contributed by atoms with Crippen LogP contribution < -0.4 is 0 Å². The second kappa shape index (κ2) is 7.90. The quantitative estimate of drug-likeness (QED) is 0.650. The van der Waals surface area contributed by atoms with Crippen LogP contribution >= 0.6 is 24.0 Å². The molecule has 0 aliphatic rings. The topological polar surface area (TPSA) is 3.24 Å². The fraction of sp³-hybridized carbons (Fsp3) is 1.00. The third kappa shape index (κ3) is 5.77. The fourth-order valence-electron chi connectivity index (χ4n) is 1.92. The maximum absolute atomic E-state index is 5.72. The van der Waals surface area contributed by atoms with Crippen molar-refractivity contribution in [3.05, 3.63) is 0 Å². The third-order valence-corrected chi connectivity index (χ3v) is 2.45. The zero-order valence-corrected chi connectivity index (χ0v) is 11.0. The van der Waals surface area contributed by atoms with Crippen molar-refractivity contribution in [2.24, 2.45) is 0 Å². The number of hydrogen-bond acceptors (Lipinski definition) is 1. The maximum Gasteiger partial charge on any atom is 0.0238 e. The molecule has 0 bridgehead atoms. The van der Waals surface area contributed by atoms with Crippen LogP contribution in [0.5, 0.6) is 0 Å². The van der Waals surface area contributed by atoms with Crippen LogP contribution in [0, 0.1) is 0 Å². The van der Waals surface area contributed by atoms with E-state index in [4.69, 9.17) is 11.6 Å². The van der Waals surface area contributed by atoms with E-state index in [0.29, 0.717) is 18.1 Å². The summed E-state index contributed by atoms with van der Waals surface area (Å²) in [4.78, 5) is 2.50. The predicted octanol–water partition coefficient (Wildman–Crippen LogP) is 3.54. The molecule has 0 aromatic rings. The van der Waals surface area contributed by atoms with E-state index in [1.807, 2.05) is 0 Å². The van der Waals surface area contributed by atoms with E-state index in [1.54, 1.807) is 0 Å². The van der Waals surface area contributed by atoms with Gasteiger partial charge in [0, 0.05) is 24.0 Å². The van der Waals surface area contributed by atoms with E-state index in [-0.39, 0.29) is 12.4 Å². The predicted molar refractivity (Wildman–Crippen MR) is 64.2 cm³/mol. The summed E-state index contributed by atoms with van der Waals surface area (Å²) < 4.78 is 0. The molecule has 0 amide bonds. The summed E-state index contributed by atoms with van der Waals surface area (Å²) in [6.45, 7) is 11.2. The Labute approximate surface area is 94.2 Å². The minimum absolute atomic E-state index is 0. The standard InChI is InChI=1S/C10H22ClN.ClH/c1-8(2)12(9(3)4)10(5)6-7-11;/h8-10H,6-7H2,1-5H3;1H. The first-order valence-corrected chi connectivity index (χ1v) is 5.37. The van der Waals surface area contributed by atoms with E-state index in [0.717, 1.165) is 12.3 Å². The van der Waals surface area contributed by atoms with Gasteiger partial charge in [-0.2, -0.15) is 0 Å². The molecule has 3 heteroatoms. The average molecular weight is 228 g/mol. The molecule has 0 spiro atoms. The summed E-state index contributed by atoms with van der Waals surface area (Å²) in [6.07, 6.45) is 1.08. The van der Waals surface area contributed by atoms with E-state index >= 15 is 0 Å². The molecule has 0 saturated heterocycles. The Bertz CT molecular complexity index is 107. The van der Waals surface area contributed by atoms with Crippen molar-refractivity contribution < 1.29 is 0 Å². The summed E-state index contributed by atoms with van der Waals surface area (Å²) in [5.74, 6) is 0.761. The van der Waals surface area contributed by atoms with Crippen molar-refractivity contribution in [2.75, 3.05) is 5.88 Å². The van der Waals surface area contributed by atoms with Crippen molar-refractivity contribution in [1.82, 2.24) is 4.90 Å². The maximum atomic E-state index is 5.72. The van der Waals surface area contributed by atoms with Crippen molar-refractivity contribution in [1.29, 1.82) is 0 Å². The van der Waals surface area contributed by atoms with Gasteiger partial charge in [0.05, 0.1) is 0 Å². The van der Waals surface area contributed by atoms with Gasteiger partial charge in [0.1, 0.15) is 0 Å². The Balaban J connectivity index is 0. The number of halogens is 2. The van der Waals surface area contributed by atoms with Crippen LogP contribution in [0.2, 0.25) is 0 Å². The Morgan fingerprint density at radius 3 is 1.62 bits per heavy atom. The number of hydrogen-bond donors (Lipinski definition) is 0. The van der Waals surface area contributed by atoms with Crippen LogP contribution in [0.3, 0.4) is 0 Å². The molecule has 0 aromatic heterocycles. The highest BCUT2D eigenvalue weighted by atomic mass is 35.5. The van der Waals surface area contributed by atoms with Crippen LogP contribution in [0.4, 0.5) is 0 Å². The van der Waals surface area contributed by atoms with Crippen LogP contribution in [0.25, 0.3) is 0 Å². The van der Waals surface area contributed by atoms with E-state index < -0.39 is 0 Å². The third-order valence-electron chi connectivity index (χ3n) is 2.23. The molecule has 1 atom stereocenters. The van der Waals surface area contributed by atoms with Crippen molar-refractivity contribution in [3.63, 3.8) is 0 Å². The smallest absolute Gasteiger partial charge is 0.0238 e. The molecule has 0 rings (SSSR count). The highest BCUT2D eigenvalue weighted by molar-refractivity contribution is 6.17. The summed E-state index contributed by atoms with van der Waals surface area (Å²) in [5.41, 5.74) is 0. The SMILES string of the molecule is CC(C)N(C(C)C)C(C)CCCl.Cl. The lowest BCUT2D eigenvalue weighted by Crippen LogP contribution is -2.43. The monoisotopic (exact) mass is 227 g/mol. The van der Waals surface area contributed by atoms with Gasteiger partial charge in [-0.1, -0.05) is 0 Å². The summed E-state index contributed by atoms with van der Waals surface area (Å²) in [6, 6.07) is 1.83. The molecule has 1 nitrogen and oxygen atoms in total. The molecule has 0 aliphatic carbocycles. The molecule has 1 unspecified atom stereocenters. The molecule has 82 valence electrons. The van der Waals surface area contributed by atoms with Crippen molar-refractivity contribution in [3.8, 4) is 0 Å². The molecular weight excluding hydrogens is 205 g/mol. The van der Waals surface area contributed by atoms with Crippen LogP contribution in [0.1, 0.15) is 41.0 Å². The first-order valence-electron chi connectivity index (χ1n) is 4.84. The summed E-state index contributed by atoms with van der Waals surface area (Å²) in [7, 11) is 0. The molecular formula is C10H23Cl2N. The molecule has 0 aliphatic heterocycles. The molecule has 0 heterocycles. The van der Waals surface area contributed by atoms with Gasteiger partial charge in [-0.3, -0.25) is 4.90 Å². The molecule has 13 heavy (non-hydrogen) atoms. The van der Waals surface area contributed by atoms with Gasteiger partial charge in [-0.25, -0.2) is 0 Å². The lowest BCUT2D eigenvalue weighted by molar-refractivity contribution is 0.120. The Kier molecular flexibility index (Phi) is 9.71. The average Bonchev–Trinajstić information content (AvgIpc) is 1.85. The second-order valence-electron chi connectivity index (χ2n) is 3.96. The van der Waals surface area contributed by atoms with Crippen molar-refractivity contribution in [2.45, 2.75) is 59.2 Å². The first kappa shape index (κ1) is 16.0. The first-order chi connectivity index (χ1) is 5.50. The summed E-state index contributed by atoms with van der Waals surface area (Å²) in [5, 5.41) is 0.